The van der Waals surface area contributed by atoms with Crippen molar-refractivity contribution in [1.82, 2.24) is 5.32 Å². The van der Waals surface area contributed by atoms with Crippen LogP contribution in [0.5, 0.6) is 0 Å². The fourth-order valence-electron chi connectivity index (χ4n) is 7.70. The molecule has 2 N–H and O–H groups in total. The lowest BCUT2D eigenvalue weighted by atomic mass is 10.0. The number of rotatable bonds is 52. The normalized spacial score (nSPS) is 14.7. The fraction of sp³-hybridized carbons (Fsp3) is 0.612. The predicted octanol–water partition coefficient (Wildman–Crippen LogP) is 18.7. The van der Waals surface area contributed by atoms with Gasteiger partial charge >= 0.3 is 13.8 Å². The number of nitrogens with zero attached hydrogens (tertiary/aromatic N) is 1. The van der Waals surface area contributed by atoms with E-state index in [4.69, 9.17) is 13.8 Å². The molecule has 0 aromatic carbocycles. The summed E-state index contributed by atoms with van der Waals surface area (Å²) in [5, 5.41) is 3.01. The zero-order valence-corrected chi connectivity index (χ0v) is 50.5. The van der Waals surface area contributed by atoms with E-state index in [1.54, 1.807) is 0 Å². The van der Waals surface area contributed by atoms with Crippen molar-refractivity contribution in [1.29, 1.82) is 0 Å². The van der Waals surface area contributed by atoms with Crippen molar-refractivity contribution in [2.24, 2.45) is 0 Å². The molecule has 3 atom stereocenters. The Labute approximate surface area is 472 Å². The van der Waals surface area contributed by atoms with E-state index in [0.717, 1.165) is 109 Å². The van der Waals surface area contributed by atoms with E-state index in [0.29, 0.717) is 23.9 Å². The first-order valence-corrected chi connectivity index (χ1v) is 31.7. The summed E-state index contributed by atoms with van der Waals surface area (Å²) in [6.45, 7) is 6.68. The number of unbranched alkanes of at least 4 members (excludes halogenated alkanes) is 14. The second kappa shape index (κ2) is 55.2. The highest BCUT2D eigenvalue weighted by Crippen LogP contribution is 2.43. The van der Waals surface area contributed by atoms with Gasteiger partial charge in [-0.05, 0) is 115 Å². The van der Waals surface area contributed by atoms with E-state index in [-0.39, 0.29) is 32.0 Å². The predicted molar refractivity (Wildman–Crippen MR) is 332 cm³/mol. The van der Waals surface area contributed by atoms with Gasteiger partial charge in [-0.1, -0.05) is 231 Å². The number of carbonyl (C=O) groups excluding carboxylic acids is 2. The van der Waals surface area contributed by atoms with Crippen LogP contribution in [-0.2, 0) is 27.9 Å². The zero-order valence-electron chi connectivity index (χ0n) is 49.6. The summed E-state index contributed by atoms with van der Waals surface area (Å²) >= 11 is 0. The van der Waals surface area contributed by atoms with Gasteiger partial charge in [0.2, 0.25) is 5.91 Å². The summed E-state index contributed by atoms with van der Waals surface area (Å²) < 4.78 is 30.6. The van der Waals surface area contributed by atoms with Crippen LogP contribution in [0.4, 0.5) is 0 Å². The molecule has 0 saturated heterocycles. The van der Waals surface area contributed by atoms with Gasteiger partial charge in [-0.2, -0.15) is 0 Å². The third kappa shape index (κ3) is 56.4. The number of likely N-dealkylation sites (N-methyl/N-ethyl adjacent to an activating group) is 1. The molecule has 0 fully saturated rings. The maximum absolute atomic E-state index is 13.5. The molecule has 9 nitrogen and oxygen atoms in total. The number of phosphoric acid groups is 1. The van der Waals surface area contributed by atoms with Gasteiger partial charge in [-0.15, -0.1) is 0 Å². The number of amides is 1. The summed E-state index contributed by atoms with van der Waals surface area (Å²) in [5.74, 6) is -0.653. The van der Waals surface area contributed by atoms with E-state index in [2.05, 4.69) is 148 Å². The Balaban J connectivity index is 5.52. The molecule has 0 bridgehead atoms. The van der Waals surface area contributed by atoms with Crippen LogP contribution in [-0.4, -0.2) is 74.3 Å². The first-order valence-electron chi connectivity index (χ1n) is 30.2. The van der Waals surface area contributed by atoms with Crippen LogP contribution in [0, 0.1) is 0 Å². The maximum Gasteiger partial charge on any atom is 0.472 e. The third-order valence-corrected chi connectivity index (χ3v) is 13.3. The van der Waals surface area contributed by atoms with Gasteiger partial charge in [0.15, 0.2) is 0 Å². The largest absolute Gasteiger partial charge is 0.472 e. The number of hydrogen-bond acceptors (Lipinski definition) is 6. The average Bonchev–Trinajstić information content (AvgIpc) is 3.39. The number of phosphoric ester groups is 1. The highest BCUT2D eigenvalue weighted by atomic mass is 31.2. The summed E-state index contributed by atoms with van der Waals surface area (Å²) in [5.41, 5.74) is 0. The van der Waals surface area contributed by atoms with Crippen molar-refractivity contribution in [3.63, 3.8) is 0 Å². The lowest BCUT2D eigenvalue weighted by molar-refractivity contribution is -0.870. The molecular formula is C67H112N2O7P+. The van der Waals surface area contributed by atoms with E-state index < -0.39 is 25.9 Å². The monoisotopic (exact) mass is 1090 g/mol. The Morgan fingerprint density at radius 1 is 0.468 bits per heavy atom. The first-order chi connectivity index (χ1) is 37.4. The molecule has 436 valence electrons. The van der Waals surface area contributed by atoms with Crippen molar-refractivity contribution in [3.05, 3.63) is 146 Å². The summed E-state index contributed by atoms with van der Waals surface area (Å²) in [7, 11) is 1.41. The first kappa shape index (κ1) is 72.9. The van der Waals surface area contributed by atoms with Crippen molar-refractivity contribution < 1.29 is 37.3 Å². The van der Waals surface area contributed by atoms with E-state index >= 15 is 0 Å². The highest BCUT2D eigenvalue weighted by molar-refractivity contribution is 7.47. The number of quaternary nitrogens is 1. The number of nitrogens with one attached hydrogen (secondary N) is 1. The molecular weight excluding hydrogens is 976 g/mol. The minimum atomic E-state index is -4.49. The number of hydrogen-bond donors (Lipinski definition) is 2. The van der Waals surface area contributed by atoms with Gasteiger partial charge < -0.3 is 19.4 Å². The molecule has 10 heteroatoms. The van der Waals surface area contributed by atoms with Crippen LogP contribution in [0.2, 0.25) is 0 Å². The van der Waals surface area contributed by atoms with Crippen LogP contribution < -0.4 is 5.32 Å². The van der Waals surface area contributed by atoms with Gasteiger partial charge in [-0.3, -0.25) is 18.6 Å². The van der Waals surface area contributed by atoms with Crippen molar-refractivity contribution in [3.8, 4) is 0 Å². The Kier molecular flexibility index (Phi) is 52.3. The summed E-state index contributed by atoms with van der Waals surface area (Å²) in [6, 6.07) is -0.908. The van der Waals surface area contributed by atoms with Crippen LogP contribution in [0.3, 0.4) is 0 Å². The number of allylic oxidation sites excluding steroid dienone is 23. The molecule has 0 saturated carbocycles. The second-order valence-electron chi connectivity index (χ2n) is 20.8. The smallest absolute Gasteiger partial charge is 0.456 e. The van der Waals surface area contributed by atoms with Gasteiger partial charge in [0.1, 0.15) is 19.3 Å². The van der Waals surface area contributed by atoms with Crippen LogP contribution in [0.1, 0.15) is 213 Å². The van der Waals surface area contributed by atoms with Gasteiger partial charge in [0, 0.05) is 12.8 Å². The Hall–Kier alpha value is -4.11. The van der Waals surface area contributed by atoms with Crippen LogP contribution in [0.15, 0.2) is 146 Å². The molecule has 1 amide bonds. The maximum atomic E-state index is 13.5. The van der Waals surface area contributed by atoms with E-state index in [9.17, 15) is 19.0 Å². The summed E-state index contributed by atoms with van der Waals surface area (Å²) in [4.78, 5) is 37.7. The van der Waals surface area contributed by atoms with E-state index in [1.807, 2.05) is 45.4 Å². The van der Waals surface area contributed by atoms with Gasteiger partial charge in [-0.25, -0.2) is 4.57 Å². The average molecular weight is 1090 g/mol. The fourth-order valence-corrected chi connectivity index (χ4v) is 8.43. The molecule has 3 unspecified atom stereocenters. The minimum Gasteiger partial charge on any atom is -0.456 e. The van der Waals surface area contributed by atoms with Crippen molar-refractivity contribution >= 4 is 19.7 Å². The SMILES string of the molecule is CC/C=C\C/C=C\C/C=C\C/C=C\C/C=C\C/C=C\CCC(=O)OC(/C=C/CCCCCCCCCCCCC)C(COP(=O)(O)OCC[N+](C)(C)C)NC(=O)CCCCC/C=C\C/C=C\C/C=C\C/C=C\C/C=C\CC. The standard InChI is InChI=1S/C67H111N2O7P/c1-7-10-13-16-19-22-25-28-30-32-34-36-38-41-44-47-50-53-56-59-66(70)68-64(63-75-77(72,73)74-62-61-69(4,5)6)65(58-55-52-49-46-43-40-27-24-21-18-15-12-9-3)76-67(71)60-57-54-51-48-45-42-39-37-35-33-31-29-26-23-20-17-14-11-8-2/h10-11,13-14,19-20,22-23,28-31,34-37,41-42,44-45,51,54-55,58,64-65H,7-9,12,15-18,21,24-27,32-33,38-40,43,46-50,52-53,56-57,59-63H2,1-6H3,(H-,68,70,72,73)/p+1/b13-10-,14-11-,22-19-,23-20-,30-28-,31-29-,36-34-,37-35-,44-41-,45-42-,54-51-,58-55+. The molecule has 0 heterocycles. The molecule has 0 aromatic heterocycles. The van der Waals surface area contributed by atoms with Gasteiger partial charge in [0.25, 0.3) is 0 Å². The summed E-state index contributed by atoms with van der Waals surface area (Å²) in [6.07, 6.45) is 80.0. The molecule has 0 aliphatic carbocycles. The lowest BCUT2D eigenvalue weighted by Crippen LogP contribution is -2.47. The molecule has 0 aliphatic heterocycles. The zero-order chi connectivity index (χ0) is 56.4. The molecule has 77 heavy (non-hydrogen) atoms. The molecule has 0 aliphatic rings. The molecule has 0 aromatic rings. The van der Waals surface area contributed by atoms with Crippen LogP contribution >= 0.6 is 7.82 Å². The number of esters is 1. The molecule has 0 rings (SSSR count). The number of carbonyl (C=O) groups is 2. The highest BCUT2D eigenvalue weighted by Gasteiger charge is 2.30. The van der Waals surface area contributed by atoms with E-state index in [1.165, 1.54) is 57.8 Å². The Bertz CT molecular complexity index is 1830. The minimum absolute atomic E-state index is 0.0137. The van der Waals surface area contributed by atoms with Crippen LogP contribution in [0.25, 0.3) is 0 Å². The Morgan fingerprint density at radius 3 is 1.27 bits per heavy atom. The van der Waals surface area contributed by atoms with Crippen molar-refractivity contribution in [2.75, 3.05) is 40.9 Å². The lowest BCUT2D eigenvalue weighted by Gasteiger charge is -2.27. The van der Waals surface area contributed by atoms with Crippen molar-refractivity contribution in [2.45, 2.75) is 226 Å². The molecule has 0 radical (unpaired) electrons. The topological polar surface area (TPSA) is 111 Å². The quantitative estimate of drug-likeness (QED) is 0.0205. The number of ether oxygens (including phenoxy) is 1. The Morgan fingerprint density at radius 2 is 0.844 bits per heavy atom. The molecule has 0 spiro atoms. The van der Waals surface area contributed by atoms with Gasteiger partial charge in [0.05, 0.1) is 33.8 Å². The third-order valence-electron chi connectivity index (χ3n) is 12.3. The second-order valence-corrected chi connectivity index (χ2v) is 22.2.